The highest BCUT2D eigenvalue weighted by atomic mass is 19.1. The minimum atomic E-state index is -0.288. The maximum Gasteiger partial charge on any atom is 0.248 e. The van der Waals surface area contributed by atoms with Crippen LogP contribution >= 0.6 is 0 Å². The summed E-state index contributed by atoms with van der Waals surface area (Å²) >= 11 is 0. The van der Waals surface area contributed by atoms with Crippen LogP contribution in [-0.4, -0.2) is 53.8 Å². The highest BCUT2D eigenvalue weighted by Gasteiger charge is 2.17. The number of nitrogens with one attached hydrogen (secondary N) is 1. The largest absolute Gasteiger partial charge is 0.367 e. The van der Waals surface area contributed by atoms with Crippen molar-refractivity contribution in [3.63, 3.8) is 0 Å². The van der Waals surface area contributed by atoms with Crippen molar-refractivity contribution in [1.82, 2.24) is 14.7 Å². The molecule has 4 rings (SSSR count). The Morgan fingerprint density at radius 2 is 1.72 bits per heavy atom. The van der Waals surface area contributed by atoms with Gasteiger partial charge in [-0.05, 0) is 63.4 Å². The van der Waals surface area contributed by atoms with Crippen molar-refractivity contribution in [2.45, 2.75) is 13.8 Å². The van der Waals surface area contributed by atoms with Crippen LogP contribution in [0.25, 0.3) is 11.8 Å². The molecule has 6 nitrogen and oxygen atoms in total. The molecule has 0 atom stereocenters. The van der Waals surface area contributed by atoms with Gasteiger partial charge in [-0.3, -0.25) is 4.79 Å². The summed E-state index contributed by atoms with van der Waals surface area (Å²) in [7, 11) is 2.12. The fraction of sp³-hybridized carbons (Fsp3) is 0.280. The van der Waals surface area contributed by atoms with Crippen LogP contribution < -0.4 is 10.2 Å². The number of benzene rings is 2. The molecule has 1 aromatic heterocycles. The molecule has 2 heterocycles. The third-order valence-electron chi connectivity index (χ3n) is 5.83. The van der Waals surface area contributed by atoms with Gasteiger partial charge in [0.05, 0.1) is 22.8 Å². The van der Waals surface area contributed by atoms with E-state index in [-0.39, 0.29) is 11.7 Å². The van der Waals surface area contributed by atoms with Crippen LogP contribution in [0, 0.1) is 19.7 Å². The Kier molecular flexibility index (Phi) is 6.37. The summed E-state index contributed by atoms with van der Waals surface area (Å²) in [5.41, 5.74) is 5.18. The number of amides is 1. The lowest BCUT2D eigenvalue weighted by atomic mass is 10.1. The molecule has 166 valence electrons. The number of halogens is 1. The molecule has 0 unspecified atom stereocenters. The zero-order valence-corrected chi connectivity index (χ0v) is 18.7. The Hall–Kier alpha value is -3.45. The number of piperazine rings is 1. The fourth-order valence-electron chi connectivity index (χ4n) is 3.97. The van der Waals surface area contributed by atoms with Gasteiger partial charge >= 0.3 is 0 Å². The van der Waals surface area contributed by atoms with E-state index in [0.29, 0.717) is 0 Å². The predicted octanol–water partition coefficient (Wildman–Crippen LogP) is 4.03. The van der Waals surface area contributed by atoms with Crippen molar-refractivity contribution in [1.29, 1.82) is 0 Å². The minimum Gasteiger partial charge on any atom is -0.367 e. The van der Waals surface area contributed by atoms with E-state index >= 15 is 0 Å². The summed E-state index contributed by atoms with van der Waals surface area (Å²) < 4.78 is 15.0. The van der Waals surface area contributed by atoms with E-state index in [1.165, 1.54) is 18.2 Å². The number of carbonyl (C=O) groups excluding carboxylic acids is 1. The van der Waals surface area contributed by atoms with E-state index in [1.807, 2.05) is 38.1 Å². The number of likely N-dealkylation sites (N-methyl/N-ethyl adjacent to an activating group) is 1. The molecule has 32 heavy (non-hydrogen) atoms. The second-order valence-corrected chi connectivity index (χ2v) is 8.10. The number of carbonyl (C=O) groups is 1. The van der Waals surface area contributed by atoms with E-state index < -0.39 is 0 Å². The first-order chi connectivity index (χ1) is 15.4. The van der Waals surface area contributed by atoms with Crippen LogP contribution in [0.5, 0.6) is 0 Å². The molecule has 1 aliphatic rings. The van der Waals surface area contributed by atoms with Crippen molar-refractivity contribution in [2.24, 2.45) is 0 Å². The second-order valence-electron chi connectivity index (χ2n) is 8.10. The van der Waals surface area contributed by atoms with Crippen molar-refractivity contribution in [3.05, 3.63) is 77.4 Å². The summed E-state index contributed by atoms with van der Waals surface area (Å²) in [6.07, 6.45) is 3.32. The van der Waals surface area contributed by atoms with Gasteiger partial charge in [-0.15, -0.1) is 0 Å². The van der Waals surface area contributed by atoms with Crippen molar-refractivity contribution in [2.75, 3.05) is 43.4 Å². The zero-order valence-electron chi connectivity index (χ0n) is 18.7. The van der Waals surface area contributed by atoms with Crippen LogP contribution in [0.2, 0.25) is 0 Å². The summed E-state index contributed by atoms with van der Waals surface area (Å²) in [5.74, 6) is -0.483. The molecule has 0 radical (unpaired) electrons. The Balaban J connectivity index is 1.50. The van der Waals surface area contributed by atoms with Crippen molar-refractivity contribution in [3.8, 4) is 5.69 Å². The average molecular weight is 434 g/mol. The molecular formula is C25H28FN5O. The Labute approximate surface area is 188 Å². The van der Waals surface area contributed by atoms with Gasteiger partial charge in [0.1, 0.15) is 5.82 Å². The maximum atomic E-state index is 13.2. The molecule has 1 fully saturated rings. The normalized spacial score (nSPS) is 14.8. The van der Waals surface area contributed by atoms with Crippen LogP contribution in [0.3, 0.4) is 0 Å². The van der Waals surface area contributed by atoms with Crippen molar-refractivity contribution < 1.29 is 9.18 Å². The Bertz CT molecular complexity index is 1130. The number of nitrogens with zero attached hydrogens (tertiary/aromatic N) is 4. The van der Waals surface area contributed by atoms with Crippen LogP contribution in [0.15, 0.2) is 54.6 Å². The third-order valence-corrected chi connectivity index (χ3v) is 5.83. The first kappa shape index (κ1) is 21.8. The number of anilines is 2. The van der Waals surface area contributed by atoms with Gasteiger partial charge in [0, 0.05) is 43.5 Å². The van der Waals surface area contributed by atoms with Crippen LogP contribution in [0.1, 0.15) is 17.0 Å². The molecule has 7 heteroatoms. The van der Waals surface area contributed by atoms with E-state index in [0.717, 1.165) is 60.2 Å². The molecule has 0 spiro atoms. The highest BCUT2D eigenvalue weighted by Crippen LogP contribution is 2.27. The fourth-order valence-corrected chi connectivity index (χ4v) is 3.97. The molecule has 1 aliphatic heterocycles. The summed E-state index contributed by atoms with van der Waals surface area (Å²) in [4.78, 5) is 17.3. The quantitative estimate of drug-likeness (QED) is 0.618. The summed E-state index contributed by atoms with van der Waals surface area (Å²) in [6, 6.07) is 14.1. The van der Waals surface area contributed by atoms with Gasteiger partial charge in [-0.25, -0.2) is 9.07 Å². The van der Waals surface area contributed by atoms with Gasteiger partial charge < -0.3 is 15.1 Å². The first-order valence-corrected chi connectivity index (χ1v) is 10.8. The number of hydrogen-bond acceptors (Lipinski definition) is 4. The van der Waals surface area contributed by atoms with E-state index in [4.69, 9.17) is 0 Å². The number of aryl methyl sites for hydroxylation is 1. The lowest BCUT2D eigenvalue weighted by molar-refractivity contribution is -0.111. The molecule has 0 bridgehead atoms. The minimum absolute atomic E-state index is 0.195. The van der Waals surface area contributed by atoms with Crippen LogP contribution in [-0.2, 0) is 4.79 Å². The third kappa shape index (κ3) is 4.73. The standard InChI is InChI=1S/C25H28FN5O/c1-18-22(19(2)31(28-18)21-10-8-20(26)9-11-21)12-13-25(32)27-23-6-4-5-7-24(23)30-16-14-29(3)15-17-30/h4-13H,14-17H2,1-3H3,(H,27,32)/b13-12+. The highest BCUT2D eigenvalue weighted by molar-refractivity contribution is 6.04. The monoisotopic (exact) mass is 433 g/mol. The lowest BCUT2D eigenvalue weighted by Crippen LogP contribution is -2.44. The van der Waals surface area contributed by atoms with E-state index in [2.05, 4.69) is 27.3 Å². The zero-order chi connectivity index (χ0) is 22.7. The molecule has 3 aromatic rings. The summed E-state index contributed by atoms with van der Waals surface area (Å²) in [6.45, 7) is 7.69. The lowest BCUT2D eigenvalue weighted by Gasteiger charge is -2.35. The Morgan fingerprint density at radius 3 is 2.44 bits per heavy atom. The predicted molar refractivity (Wildman–Crippen MR) is 127 cm³/mol. The Morgan fingerprint density at radius 1 is 1.03 bits per heavy atom. The number of para-hydroxylation sites is 2. The van der Waals surface area contributed by atoms with E-state index in [1.54, 1.807) is 22.9 Å². The SMILES string of the molecule is Cc1nn(-c2ccc(F)cc2)c(C)c1/C=C/C(=O)Nc1ccccc1N1CCN(C)CC1. The maximum absolute atomic E-state index is 13.2. The topological polar surface area (TPSA) is 53.4 Å². The van der Waals surface area contributed by atoms with E-state index in [9.17, 15) is 9.18 Å². The van der Waals surface area contributed by atoms with Crippen molar-refractivity contribution >= 4 is 23.4 Å². The van der Waals surface area contributed by atoms with Gasteiger partial charge in [0.2, 0.25) is 5.91 Å². The van der Waals surface area contributed by atoms with Gasteiger partial charge in [0.15, 0.2) is 0 Å². The molecule has 2 aromatic carbocycles. The van der Waals surface area contributed by atoms with Gasteiger partial charge in [0.25, 0.3) is 0 Å². The first-order valence-electron chi connectivity index (χ1n) is 10.8. The molecule has 1 N–H and O–H groups in total. The second kappa shape index (κ2) is 9.36. The van der Waals surface area contributed by atoms with Gasteiger partial charge in [-0.1, -0.05) is 12.1 Å². The van der Waals surface area contributed by atoms with Gasteiger partial charge in [-0.2, -0.15) is 5.10 Å². The number of rotatable bonds is 5. The molecule has 0 aliphatic carbocycles. The average Bonchev–Trinajstić information content (AvgIpc) is 3.07. The van der Waals surface area contributed by atoms with Crippen LogP contribution in [0.4, 0.5) is 15.8 Å². The molecule has 1 saturated heterocycles. The summed E-state index contributed by atoms with van der Waals surface area (Å²) in [5, 5.41) is 7.58. The smallest absolute Gasteiger partial charge is 0.248 e. The molecule has 0 saturated carbocycles. The number of aromatic nitrogens is 2. The molecule has 1 amide bonds. The molecular weight excluding hydrogens is 405 g/mol. The number of hydrogen-bond donors (Lipinski definition) is 1.